The highest BCUT2D eigenvalue weighted by molar-refractivity contribution is 7.88. The van der Waals surface area contributed by atoms with Gasteiger partial charge in [-0.3, -0.25) is 4.84 Å². The van der Waals surface area contributed by atoms with E-state index in [2.05, 4.69) is 4.84 Å². The van der Waals surface area contributed by atoms with Crippen LogP contribution in [0.4, 0.5) is 4.39 Å². The SMILES string of the molecule is CONS(=O)(=O)Cc1ccc(F)cc1. The quantitative estimate of drug-likeness (QED) is 0.762. The van der Waals surface area contributed by atoms with E-state index < -0.39 is 15.8 Å². The van der Waals surface area contributed by atoms with Crippen LogP contribution in [0.25, 0.3) is 0 Å². The number of sulfonamides is 1. The Morgan fingerprint density at radius 2 is 1.93 bits per heavy atom. The minimum atomic E-state index is -3.49. The number of benzene rings is 1. The van der Waals surface area contributed by atoms with Crippen LogP contribution in [-0.4, -0.2) is 15.5 Å². The zero-order valence-corrected chi connectivity index (χ0v) is 8.34. The molecular weight excluding hydrogens is 209 g/mol. The minimum Gasteiger partial charge on any atom is -0.290 e. The van der Waals surface area contributed by atoms with E-state index >= 15 is 0 Å². The second-order valence-corrected chi connectivity index (χ2v) is 4.36. The molecule has 0 aromatic heterocycles. The average Bonchev–Trinajstić information content (AvgIpc) is 2.08. The van der Waals surface area contributed by atoms with Crippen LogP contribution in [0.5, 0.6) is 0 Å². The summed E-state index contributed by atoms with van der Waals surface area (Å²) in [5.41, 5.74) is 0.496. The first-order valence-corrected chi connectivity index (χ1v) is 5.45. The summed E-state index contributed by atoms with van der Waals surface area (Å²) in [5.74, 6) is -0.632. The molecule has 1 aromatic carbocycles. The molecule has 0 aliphatic heterocycles. The van der Waals surface area contributed by atoms with E-state index in [1.807, 2.05) is 4.89 Å². The molecular formula is C8H10FNO3S. The molecule has 0 aliphatic carbocycles. The molecule has 6 heteroatoms. The maximum atomic E-state index is 12.5. The number of nitrogens with one attached hydrogen (secondary N) is 1. The Balaban J connectivity index is 2.74. The van der Waals surface area contributed by atoms with Crippen molar-refractivity contribution in [3.05, 3.63) is 35.6 Å². The van der Waals surface area contributed by atoms with Crippen LogP contribution in [0.3, 0.4) is 0 Å². The third-order valence-corrected chi connectivity index (χ3v) is 2.61. The summed E-state index contributed by atoms with van der Waals surface area (Å²) < 4.78 is 34.8. The summed E-state index contributed by atoms with van der Waals surface area (Å²) in [6, 6.07) is 5.23. The molecule has 0 saturated heterocycles. The van der Waals surface area contributed by atoms with Gasteiger partial charge in [0, 0.05) is 0 Å². The fraction of sp³-hybridized carbons (Fsp3) is 0.250. The minimum absolute atomic E-state index is 0.235. The Bertz CT molecular complexity index is 388. The maximum Gasteiger partial charge on any atom is 0.237 e. The van der Waals surface area contributed by atoms with E-state index in [-0.39, 0.29) is 5.75 Å². The Kier molecular flexibility index (Phi) is 3.56. The van der Waals surface area contributed by atoms with Crippen LogP contribution in [0, 0.1) is 5.82 Å². The molecule has 0 fully saturated rings. The lowest BCUT2D eigenvalue weighted by Crippen LogP contribution is -2.23. The number of rotatable bonds is 4. The summed E-state index contributed by atoms with van der Waals surface area (Å²) in [6.45, 7) is 0. The molecule has 4 nitrogen and oxygen atoms in total. The molecule has 0 saturated carbocycles. The molecule has 0 spiro atoms. The summed E-state index contributed by atoms with van der Waals surface area (Å²) in [5, 5.41) is 0. The molecule has 0 amide bonds. The number of hydrogen-bond donors (Lipinski definition) is 1. The van der Waals surface area contributed by atoms with Gasteiger partial charge in [0.15, 0.2) is 0 Å². The summed E-state index contributed by atoms with van der Waals surface area (Å²) in [6.07, 6.45) is 0. The van der Waals surface area contributed by atoms with E-state index in [4.69, 9.17) is 0 Å². The third-order valence-electron chi connectivity index (χ3n) is 1.48. The van der Waals surface area contributed by atoms with Gasteiger partial charge in [-0.25, -0.2) is 12.8 Å². The predicted molar refractivity (Wildman–Crippen MR) is 49.2 cm³/mol. The molecule has 1 aromatic rings. The van der Waals surface area contributed by atoms with Crippen molar-refractivity contribution < 1.29 is 17.6 Å². The topological polar surface area (TPSA) is 55.4 Å². The standard InChI is InChI=1S/C8H10FNO3S/c1-13-10-14(11,12)6-7-2-4-8(9)5-3-7/h2-5,10H,6H2,1H3. The molecule has 0 atom stereocenters. The molecule has 0 radical (unpaired) electrons. The molecule has 14 heavy (non-hydrogen) atoms. The van der Waals surface area contributed by atoms with Crippen molar-refractivity contribution in [2.75, 3.05) is 7.11 Å². The summed E-state index contributed by atoms with van der Waals surface area (Å²) in [7, 11) is -2.28. The summed E-state index contributed by atoms with van der Waals surface area (Å²) >= 11 is 0. The van der Waals surface area contributed by atoms with E-state index in [0.29, 0.717) is 5.56 Å². The molecule has 0 aliphatic rings. The lowest BCUT2D eigenvalue weighted by atomic mass is 10.2. The molecule has 78 valence electrons. The Morgan fingerprint density at radius 3 is 2.43 bits per heavy atom. The van der Waals surface area contributed by atoms with Crippen LogP contribution in [0.1, 0.15) is 5.56 Å². The Hall–Kier alpha value is -0.980. The highest BCUT2D eigenvalue weighted by Gasteiger charge is 2.10. The van der Waals surface area contributed by atoms with E-state index in [1.165, 1.54) is 31.4 Å². The van der Waals surface area contributed by atoms with Crippen molar-refractivity contribution in [3.8, 4) is 0 Å². The van der Waals surface area contributed by atoms with E-state index in [0.717, 1.165) is 0 Å². The van der Waals surface area contributed by atoms with Crippen molar-refractivity contribution in [1.82, 2.24) is 4.89 Å². The van der Waals surface area contributed by atoms with Gasteiger partial charge in [-0.15, -0.1) is 0 Å². The first-order valence-electron chi connectivity index (χ1n) is 3.80. The normalized spacial score (nSPS) is 11.6. The van der Waals surface area contributed by atoms with E-state index in [1.54, 1.807) is 0 Å². The van der Waals surface area contributed by atoms with Crippen LogP contribution in [0.15, 0.2) is 24.3 Å². The van der Waals surface area contributed by atoms with Crippen LogP contribution < -0.4 is 4.89 Å². The van der Waals surface area contributed by atoms with Crippen molar-refractivity contribution in [3.63, 3.8) is 0 Å². The van der Waals surface area contributed by atoms with Gasteiger partial charge in [-0.1, -0.05) is 17.0 Å². The van der Waals surface area contributed by atoms with Gasteiger partial charge in [0.1, 0.15) is 5.82 Å². The third kappa shape index (κ3) is 3.41. The molecule has 1 N–H and O–H groups in total. The van der Waals surface area contributed by atoms with Crippen molar-refractivity contribution in [1.29, 1.82) is 0 Å². The number of hydrogen-bond acceptors (Lipinski definition) is 3. The highest BCUT2D eigenvalue weighted by atomic mass is 32.2. The van der Waals surface area contributed by atoms with Crippen molar-refractivity contribution >= 4 is 10.0 Å². The van der Waals surface area contributed by atoms with Gasteiger partial charge in [-0.05, 0) is 17.7 Å². The van der Waals surface area contributed by atoms with Gasteiger partial charge in [0.25, 0.3) is 0 Å². The van der Waals surface area contributed by atoms with Gasteiger partial charge in [0.2, 0.25) is 10.0 Å². The smallest absolute Gasteiger partial charge is 0.237 e. The number of halogens is 1. The van der Waals surface area contributed by atoms with Crippen molar-refractivity contribution in [2.24, 2.45) is 0 Å². The molecule has 0 bridgehead atoms. The zero-order chi connectivity index (χ0) is 10.6. The predicted octanol–water partition coefficient (Wildman–Crippen LogP) is 0.806. The van der Waals surface area contributed by atoms with Gasteiger partial charge in [-0.2, -0.15) is 0 Å². The fourth-order valence-electron chi connectivity index (χ4n) is 0.956. The van der Waals surface area contributed by atoms with Gasteiger partial charge >= 0.3 is 0 Å². The monoisotopic (exact) mass is 219 g/mol. The highest BCUT2D eigenvalue weighted by Crippen LogP contribution is 2.06. The van der Waals surface area contributed by atoms with Crippen molar-refractivity contribution in [2.45, 2.75) is 5.75 Å². The van der Waals surface area contributed by atoms with Crippen LogP contribution >= 0.6 is 0 Å². The lowest BCUT2D eigenvalue weighted by Gasteiger charge is -2.03. The second kappa shape index (κ2) is 4.50. The lowest BCUT2D eigenvalue weighted by molar-refractivity contribution is 0.153. The maximum absolute atomic E-state index is 12.5. The van der Waals surface area contributed by atoms with Gasteiger partial charge < -0.3 is 0 Å². The largest absolute Gasteiger partial charge is 0.290 e. The Labute approximate surface area is 81.7 Å². The Morgan fingerprint density at radius 1 is 1.36 bits per heavy atom. The van der Waals surface area contributed by atoms with E-state index in [9.17, 15) is 12.8 Å². The van der Waals surface area contributed by atoms with Crippen LogP contribution in [0.2, 0.25) is 0 Å². The first-order chi connectivity index (χ1) is 6.53. The molecule has 0 heterocycles. The zero-order valence-electron chi connectivity index (χ0n) is 7.53. The first kappa shape index (κ1) is 11.1. The fourth-order valence-corrected chi connectivity index (χ4v) is 1.90. The summed E-state index contributed by atoms with van der Waals surface area (Å²) in [4.78, 5) is 6.15. The van der Waals surface area contributed by atoms with Crippen LogP contribution in [-0.2, 0) is 20.6 Å². The molecule has 1 rings (SSSR count). The average molecular weight is 219 g/mol. The molecule has 0 unspecified atom stereocenters. The second-order valence-electron chi connectivity index (χ2n) is 2.67. The van der Waals surface area contributed by atoms with Gasteiger partial charge in [0.05, 0.1) is 12.9 Å².